The first kappa shape index (κ1) is 25.8. The molecule has 8 rings (SSSR count). The zero-order valence-electron chi connectivity index (χ0n) is 24.2. The summed E-state index contributed by atoms with van der Waals surface area (Å²) >= 11 is 3.48. The van der Waals surface area contributed by atoms with Crippen LogP contribution < -0.4 is 0 Å². The molecule has 3 aromatic heterocycles. The molecule has 4 nitrogen and oxygen atoms in total. The molecule has 0 fully saturated rings. The van der Waals surface area contributed by atoms with Crippen LogP contribution in [-0.2, 0) is 0 Å². The quantitative estimate of drug-likeness (QED) is 0.206. The van der Waals surface area contributed by atoms with Crippen LogP contribution in [0.3, 0.4) is 0 Å². The second-order valence-electron chi connectivity index (χ2n) is 11.3. The number of hydrogen-bond acceptors (Lipinski definition) is 5. The Kier molecular flexibility index (Phi) is 5.77. The second kappa shape index (κ2) is 9.60. The second-order valence-corrected chi connectivity index (χ2v) is 13.4. The molecule has 0 aliphatic rings. The molecular formula is C37H26N4S2. The number of hydrogen-bond donors (Lipinski definition) is 0. The van der Waals surface area contributed by atoms with Crippen LogP contribution in [0.25, 0.3) is 69.1 Å². The molecule has 0 saturated heterocycles. The number of nitrogens with zero attached hydrogens (tertiary/aromatic N) is 4. The molecule has 0 saturated carbocycles. The predicted octanol–water partition coefficient (Wildman–Crippen LogP) is 10.4. The minimum atomic E-state index is 0.650. The highest BCUT2D eigenvalue weighted by molar-refractivity contribution is 7.22. The van der Waals surface area contributed by atoms with Gasteiger partial charge in [-0.2, -0.15) is 5.26 Å². The van der Waals surface area contributed by atoms with E-state index in [9.17, 15) is 5.26 Å². The Hall–Kier alpha value is -4.83. The van der Waals surface area contributed by atoms with Crippen molar-refractivity contribution in [2.75, 3.05) is 0 Å². The molecule has 8 aromatic rings. The largest absolute Gasteiger partial charge is 0.309 e. The molecule has 0 bridgehead atoms. The number of rotatable bonds is 3. The summed E-state index contributed by atoms with van der Waals surface area (Å²) < 4.78 is 4.71. The third-order valence-corrected chi connectivity index (χ3v) is 10.7. The highest BCUT2D eigenvalue weighted by Gasteiger charge is 2.17. The van der Waals surface area contributed by atoms with E-state index in [0.29, 0.717) is 5.56 Å². The fourth-order valence-electron chi connectivity index (χ4n) is 5.86. The van der Waals surface area contributed by atoms with E-state index in [2.05, 4.69) is 99.0 Å². The monoisotopic (exact) mass is 590 g/mol. The normalized spacial score (nSPS) is 11.7. The van der Waals surface area contributed by atoms with Crippen LogP contribution in [-0.4, -0.2) is 14.5 Å². The molecule has 0 spiro atoms. The van der Waals surface area contributed by atoms with Gasteiger partial charge in [0.05, 0.1) is 43.1 Å². The molecule has 0 aliphatic heterocycles. The molecule has 0 unspecified atom stereocenters. The van der Waals surface area contributed by atoms with Crippen LogP contribution >= 0.6 is 22.7 Å². The summed E-state index contributed by atoms with van der Waals surface area (Å²) in [5.41, 5.74) is 13.3. The highest BCUT2D eigenvalue weighted by Crippen LogP contribution is 2.40. The van der Waals surface area contributed by atoms with Gasteiger partial charge in [-0.3, -0.25) is 0 Å². The fourth-order valence-corrected chi connectivity index (χ4v) is 7.94. The Morgan fingerprint density at radius 2 is 1.05 bits per heavy atom. The average Bonchev–Trinajstić information content (AvgIpc) is 3.70. The average molecular weight is 591 g/mol. The van der Waals surface area contributed by atoms with Gasteiger partial charge < -0.3 is 4.57 Å². The number of thiazole rings is 2. The molecule has 0 atom stereocenters. The lowest BCUT2D eigenvalue weighted by molar-refractivity contribution is 1.18. The summed E-state index contributed by atoms with van der Waals surface area (Å²) in [6.45, 7) is 8.60. The lowest BCUT2D eigenvalue weighted by Gasteiger charge is -2.08. The van der Waals surface area contributed by atoms with Gasteiger partial charge in [0.1, 0.15) is 10.0 Å². The maximum Gasteiger partial charge on any atom is 0.124 e. The summed E-state index contributed by atoms with van der Waals surface area (Å²) in [4.78, 5) is 10.1. The van der Waals surface area contributed by atoms with Gasteiger partial charge in [-0.15, -0.1) is 22.7 Å². The predicted molar refractivity (Wildman–Crippen MR) is 182 cm³/mol. The Morgan fingerprint density at radius 3 is 1.51 bits per heavy atom. The lowest BCUT2D eigenvalue weighted by Crippen LogP contribution is -1.93. The fraction of sp³-hybridized carbons (Fsp3) is 0.108. The van der Waals surface area contributed by atoms with Gasteiger partial charge in [-0.25, -0.2) is 9.97 Å². The van der Waals surface area contributed by atoms with E-state index >= 15 is 0 Å². The van der Waals surface area contributed by atoms with E-state index < -0.39 is 0 Å². The summed E-state index contributed by atoms with van der Waals surface area (Å²) in [5, 5.41) is 13.8. The molecule has 43 heavy (non-hydrogen) atoms. The van der Waals surface area contributed by atoms with Crippen LogP contribution in [0.15, 0.2) is 84.9 Å². The summed E-state index contributed by atoms with van der Waals surface area (Å²) in [5.74, 6) is 0. The van der Waals surface area contributed by atoms with E-state index in [1.165, 1.54) is 31.7 Å². The molecule has 6 heteroatoms. The van der Waals surface area contributed by atoms with Gasteiger partial charge >= 0.3 is 0 Å². The zero-order valence-corrected chi connectivity index (χ0v) is 25.8. The number of benzene rings is 5. The van der Waals surface area contributed by atoms with Crippen molar-refractivity contribution in [3.8, 4) is 32.9 Å². The molecule has 3 heterocycles. The third kappa shape index (κ3) is 4.16. The SMILES string of the molecule is Cc1cc2nc(-c3ccc4c(c3)c3cc(-c5nc6cc(C)c(C)cc6s5)ccc3n4-c3ccc(C#N)cc3)sc2cc1C. The molecule has 0 radical (unpaired) electrons. The van der Waals surface area contributed by atoms with Gasteiger partial charge in [0.15, 0.2) is 0 Å². The number of fused-ring (bicyclic) bond motifs is 5. The zero-order chi connectivity index (χ0) is 29.4. The molecule has 0 N–H and O–H groups in total. The number of aromatic nitrogens is 3. The summed E-state index contributed by atoms with van der Waals surface area (Å²) in [6.07, 6.45) is 0. The highest BCUT2D eigenvalue weighted by atomic mass is 32.1. The molecule has 206 valence electrons. The van der Waals surface area contributed by atoms with Crippen LogP contribution in [0.4, 0.5) is 0 Å². The first-order valence-corrected chi connectivity index (χ1v) is 15.8. The minimum absolute atomic E-state index is 0.650. The standard InChI is InChI=1S/C37H26N4S2/c1-20-13-30-34(15-22(20)3)42-36(39-30)25-7-11-32-28(17-25)29-18-26(37-40-31-14-21(2)23(4)16-35(31)43-37)8-12-33(29)41(32)27-9-5-24(19-38)6-10-27/h5-18H,1-4H3. The van der Waals surface area contributed by atoms with Gasteiger partial charge in [0.2, 0.25) is 0 Å². The number of aryl methyl sites for hydroxylation is 4. The first-order chi connectivity index (χ1) is 20.9. The van der Waals surface area contributed by atoms with Crippen molar-refractivity contribution in [1.82, 2.24) is 14.5 Å². The molecule has 0 amide bonds. The first-order valence-electron chi connectivity index (χ1n) is 14.2. The summed E-state index contributed by atoms with van der Waals surface area (Å²) in [6, 6.07) is 32.2. The van der Waals surface area contributed by atoms with E-state index in [1.807, 2.05) is 24.3 Å². The smallest absolute Gasteiger partial charge is 0.124 e. The maximum atomic E-state index is 9.38. The summed E-state index contributed by atoms with van der Waals surface area (Å²) in [7, 11) is 0. The van der Waals surface area contributed by atoms with Crippen molar-refractivity contribution in [2.45, 2.75) is 27.7 Å². The van der Waals surface area contributed by atoms with Gasteiger partial charge in [0.25, 0.3) is 0 Å². The van der Waals surface area contributed by atoms with Crippen molar-refractivity contribution in [3.63, 3.8) is 0 Å². The van der Waals surface area contributed by atoms with Crippen LogP contribution in [0.2, 0.25) is 0 Å². The van der Waals surface area contributed by atoms with Crippen LogP contribution in [0, 0.1) is 39.0 Å². The third-order valence-electron chi connectivity index (χ3n) is 8.52. The van der Waals surface area contributed by atoms with E-state index in [1.54, 1.807) is 22.7 Å². The van der Waals surface area contributed by atoms with E-state index in [4.69, 9.17) is 9.97 Å². The van der Waals surface area contributed by atoms with Gasteiger partial charge in [-0.1, -0.05) is 0 Å². The Labute approximate surface area is 257 Å². The lowest BCUT2D eigenvalue weighted by atomic mass is 10.1. The van der Waals surface area contributed by atoms with Crippen molar-refractivity contribution < 1.29 is 0 Å². The van der Waals surface area contributed by atoms with Gasteiger partial charge in [0, 0.05) is 27.6 Å². The van der Waals surface area contributed by atoms with E-state index in [-0.39, 0.29) is 0 Å². The maximum absolute atomic E-state index is 9.38. The molecule has 0 aliphatic carbocycles. The van der Waals surface area contributed by atoms with Crippen molar-refractivity contribution in [3.05, 3.63) is 113 Å². The Balaban J connectivity index is 1.36. The minimum Gasteiger partial charge on any atom is -0.309 e. The topological polar surface area (TPSA) is 54.5 Å². The van der Waals surface area contributed by atoms with Crippen molar-refractivity contribution in [2.24, 2.45) is 0 Å². The van der Waals surface area contributed by atoms with Gasteiger partial charge in [-0.05, 0) is 135 Å². The van der Waals surface area contributed by atoms with Crippen molar-refractivity contribution >= 4 is 64.9 Å². The molecule has 5 aromatic carbocycles. The van der Waals surface area contributed by atoms with Crippen LogP contribution in [0.5, 0.6) is 0 Å². The Bertz CT molecular complexity index is 2230. The van der Waals surface area contributed by atoms with E-state index in [0.717, 1.165) is 59.7 Å². The molecular weight excluding hydrogens is 565 g/mol. The Morgan fingerprint density at radius 1 is 0.581 bits per heavy atom. The number of nitriles is 1. The van der Waals surface area contributed by atoms with Crippen LogP contribution in [0.1, 0.15) is 27.8 Å². The van der Waals surface area contributed by atoms with Crippen molar-refractivity contribution in [1.29, 1.82) is 5.26 Å².